The SMILES string of the molecule is Cc1c(OC2CCOCC2)cc(N)cc1S(N)(=O)=O. The molecule has 0 unspecified atom stereocenters. The van der Waals surface area contributed by atoms with Crippen LogP contribution in [0.3, 0.4) is 0 Å². The number of nitrogens with two attached hydrogens (primary N) is 2. The smallest absolute Gasteiger partial charge is 0.238 e. The van der Waals surface area contributed by atoms with Crippen LogP contribution in [0.4, 0.5) is 5.69 Å². The van der Waals surface area contributed by atoms with Gasteiger partial charge in [-0.2, -0.15) is 0 Å². The van der Waals surface area contributed by atoms with Gasteiger partial charge in [-0.1, -0.05) is 0 Å². The van der Waals surface area contributed by atoms with E-state index in [0.717, 1.165) is 12.8 Å². The molecule has 0 aromatic heterocycles. The molecule has 0 radical (unpaired) electrons. The Kier molecular flexibility index (Phi) is 3.98. The molecule has 4 N–H and O–H groups in total. The molecule has 7 heteroatoms. The molecule has 106 valence electrons. The molecular formula is C12H18N2O4S. The van der Waals surface area contributed by atoms with Gasteiger partial charge in [-0.15, -0.1) is 0 Å². The predicted octanol–water partition coefficient (Wildman–Crippen LogP) is 0.782. The van der Waals surface area contributed by atoms with Crippen molar-refractivity contribution in [1.82, 2.24) is 0 Å². The van der Waals surface area contributed by atoms with E-state index in [1.165, 1.54) is 6.07 Å². The summed E-state index contributed by atoms with van der Waals surface area (Å²) in [6.07, 6.45) is 1.57. The highest BCUT2D eigenvalue weighted by molar-refractivity contribution is 7.89. The molecule has 1 aromatic carbocycles. The third kappa shape index (κ3) is 3.37. The van der Waals surface area contributed by atoms with E-state index in [1.807, 2.05) is 0 Å². The van der Waals surface area contributed by atoms with Crippen molar-refractivity contribution in [3.05, 3.63) is 17.7 Å². The first-order valence-electron chi connectivity index (χ1n) is 6.05. The van der Waals surface area contributed by atoms with Gasteiger partial charge < -0.3 is 15.2 Å². The van der Waals surface area contributed by atoms with Crippen molar-refractivity contribution < 1.29 is 17.9 Å². The summed E-state index contributed by atoms with van der Waals surface area (Å²) in [6, 6.07) is 2.97. The van der Waals surface area contributed by atoms with Crippen LogP contribution in [-0.2, 0) is 14.8 Å². The van der Waals surface area contributed by atoms with Crippen molar-refractivity contribution in [2.75, 3.05) is 18.9 Å². The van der Waals surface area contributed by atoms with Crippen LogP contribution in [0.2, 0.25) is 0 Å². The fourth-order valence-electron chi connectivity index (χ4n) is 2.07. The molecule has 0 aliphatic carbocycles. The minimum Gasteiger partial charge on any atom is -0.490 e. The normalized spacial score (nSPS) is 17.4. The van der Waals surface area contributed by atoms with Gasteiger partial charge in [0.05, 0.1) is 18.1 Å². The lowest BCUT2D eigenvalue weighted by Gasteiger charge is -2.24. The Labute approximate surface area is 112 Å². The lowest BCUT2D eigenvalue weighted by Crippen LogP contribution is -2.26. The Hall–Kier alpha value is -1.31. The summed E-state index contributed by atoms with van der Waals surface area (Å²) < 4.78 is 34.1. The Balaban J connectivity index is 2.32. The number of ether oxygens (including phenoxy) is 2. The number of sulfonamides is 1. The van der Waals surface area contributed by atoms with E-state index < -0.39 is 10.0 Å². The quantitative estimate of drug-likeness (QED) is 0.799. The summed E-state index contributed by atoms with van der Waals surface area (Å²) in [6.45, 7) is 2.95. The molecule has 0 bridgehead atoms. The number of benzene rings is 1. The van der Waals surface area contributed by atoms with Gasteiger partial charge in [0.25, 0.3) is 0 Å². The van der Waals surface area contributed by atoms with Gasteiger partial charge in [0.2, 0.25) is 10.0 Å². The van der Waals surface area contributed by atoms with Crippen LogP contribution in [0.15, 0.2) is 17.0 Å². The molecule has 1 heterocycles. The zero-order valence-corrected chi connectivity index (χ0v) is 11.6. The molecule has 1 aliphatic heterocycles. The highest BCUT2D eigenvalue weighted by Crippen LogP contribution is 2.30. The first kappa shape index (κ1) is 14.1. The third-order valence-electron chi connectivity index (χ3n) is 3.10. The van der Waals surface area contributed by atoms with Crippen LogP contribution in [0.25, 0.3) is 0 Å². The first-order valence-corrected chi connectivity index (χ1v) is 7.60. The number of hydrogen-bond donors (Lipinski definition) is 2. The van der Waals surface area contributed by atoms with Gasteiger partial charge in [-0.05, 0) is 13.0 Å². The number of primary sulfonamides is 1. The van der Waals surface area contributed by atoms with Crippen molar-refractivity contribution in [3.8, 4) is 5.75 Å². The number of hydrogen-bond acceptors (Lipinski definition) is 5. The van der Waals surface area contributed by atoms with Crippen LogP contribution in [-0.4, -0.2) is 27.7 Å². The summed E-state index contributed by atoms with van der Waals surface area (Å²) in [7, 11) is -3.80. The molecule has 1 aromatic rings. The standard InChI is InChI=1S/C12H18N2O4S/c1-8-11(18-10-2-4-17-5-3-10)6-9(13)7-12(8)19(14,15)16/h6-7,10H,2-5,13H2,1H3,(H2,14,15,16). The zero-order chi connectivity index (χ0) is 14.0. The summed E-state index contributed by atoms with van der Waals surface area (Å²) >= 11 is 0. The number of nitrogen functional groups attached to an aromatic ring is 1. The van der Waals surface area contributed by atoms with E-state index in [0.29, 0.717) is 30.2 Å². The largest absolute Gasteiger partial charge is 0.490 e. The van der Waals surface area contributed by atoms with E-state index >= 15 is 0 Å². The summed E-state index contributed by atoms with van der Waals surface area (Å²) in [4.78, 5) is 0.00885. The Morgan fingerprint density at radius 1 is 1.32 bits per heavy atom. The molecule has 1 aliphatic rings. The van der Waals surface area contributed by atoms with E-state index in [9.17, 15) is 8.42 Å². The van der Waals surface area contributed by atoms with E-state index in [2.05, 4.69) is 0 Å². The zero-order valence-electron chi connectivity index (χ0n) is 10.8. The molecule has 2 rings (SSSR count). The van der Waals surface area contributed by atoms with Crippen molar-refractivity contribution in [3.63, 3.8) is 0 Å². The monoisotopic (exact) mass is 286 g/mol. The second kappa shape index (κ2) is 5.36. The summed E-state index contributed by atoms with van der Waals surface area (Å²) in [5.74, 6) is 0.468. The molecule has 19 heavy (non-hydrogen) atoms. The minimum atomic E-state index is -3.80. The second-order valence-corrected chi connectivity index (χ2v) is 6.15. The van der Waals surface area contributed by atoms with Gasteiger partial charge in [-0.25, -0.2) is 13.6 Å². The summed E-state index contributed by atoms with van der Waals surface area (Å²) in [5.41, 5.74) is 6.51. The highest BCUT2D eigenvalue weighted by atomic mass is 32.2. The van der Waals surface area contributed by atoms with E-state index in [4.69, 9.17) is 20.3 Å². The fraction of sp³-hybridized carbons (Fsp3) is 0.500. The van der Waals surface area contributed by atoms with Crippen molar-refractivity contribution in [2.24, 2.45) is 5.14 Å². The Morgan fingerprint density at radius 2 is 1.95 bits per heavy atom. The summed E-state index contributed by atoms with van der Waals surface area (Å²) in [5, 5.41) is 5.17. The maximum Gasteiger partial charge on any atom is 0.238 e. The van der Waals surface area contributed by atoms with Crippen LogP contribution in [0, 0.1) is 6.92 Å². The van der Waals surface area contributed by atoms with Gasteiger partial charge in [0.15, 0.2) is 0 Å². The van der Waals surface area contributed by atoms with E-state index in [1.54, 1.807) is 13.0 Å². The Morgan fingerprint density at radius 3 is 2.53 bits per heavy atom. The van der Waals surface area contributed by atoms with Crippen molar-refractivity contribution in [1.29, 1.82) is 0 Å². The second-order valence-electron chi connectivity index (χ2n) is 4.62. The topological polar surface area (TPSA) is 105 Å². The molecule has 0 spiro atoms. The molecule has 6 nitrogen and oxygen atoms in total. The van der Waals surface area contributed by atoms with Gasteiger partial charge in [0.1, 0.15) is 11.9 Å². The van der Waals surface area contributed by atoms with Gasteiger partial charge in [-0.3, -0.25) is 0 Å². The van der Waals surface area contributed by atoms with Crippen LogP contribution >= 0.6 is 0 Å². The number of anilines is 1. The molecular weight excluding hydrogens is 268 g/mol. The molecule has 0 saturated carbocycles. The maximum atomic E-state index is 11.5. The average molecular weight is 286 g/mol. The van der Waals surface area contributed by atoms with E-state index in [-0.39, 0.29) is 11.0 Å². The third-order valence-corrected chi connectivity index (χ3v) is 4.14. The van der Waals surface area contributed by atoms with Crippen LogP contribution in [0.5, 0.6) is 5.75 Å². The molecule has 1 saturated heterocycles. The van der Waals surface area contributed by atoms with Crippen LogP contribution in [0.1, 0.15) is 18.4 Å². The predicted molar refractivity (Wildman–Crippen MR) is 71.4 cm³/mol. The minimum absolute atomic E-state index is 0.00885. The lowest BCUT2D eigenvalue weighted by atomic mass is 10.1. The maximum absolute atomic E-state index is 11.5. The first-order chi connectivity index (χ1) is 8.88. The fourth-order valence-corrected chi connectivity index (χ4v) is 2.90. The molecule has 0 amide bonds. The van der Waals surface area contributed by atoms with Crippen molar-refractivity contribution >= 4 is 15.7 Å². The van der Waals surface area contributed by atoms with Gasteiger partial charge >= 0.3 is 0 Å². The van der Waals surface area contributed by atoms with Crippen LogP contribution < -0.4 is 15.6 Å². The Bertz CT molecular complexity index is 565. The lowest BCUT2D eigenvalue weighted by molar-refractivity contribution is 0.0252. The highest BCUT2D eigenvalue weighted by Gasteiger charge is 2.20. The molecule has 0 atom stereocenters. The average Bonchev–Trinajstić information content (AvgIpc) is 2.33. The van der Waals surface area contributed by atoms with Gasteiger partial charge in [0, 0.05) is 30.2 Å². The van der Waals surface area contributed by atoms with Crippen molar-refractivity contribution in [2.45, 2.75) is 30.8 Å². The molecule has 1 fully saturated rings. The number of rotatable bonds is 3.